The van der Waals surface area contributed by atoms with Crippen molar-refractivity contribution in [2.45, 2.75) is 40.5 Å². The van der Waals surface area contributed by atoms with E-state index in [4.69, 9.17) is 4.74 Å². The Hall–Kier alpha value is -1.18. The highest BCUT2D eigenvalue weighted by atomic mass is 16.5. The van der Waals surface area contributed by atoms with Crippen LogP contribution in [0, 0.1) is 12.3 Å². The Labute approximate surface area is 105 Å². The summed E-state index contributed by atoms with van der Waals surface area (Å²) in [4.78, 5) is 0. The topological polar surface area (TPSA) is 21.3 Å². The van der Waals surface area contributed by atoms with E-state index in [9.17, 15) is 0 Å². The molecule has 0 saturated carbocycles. The number of methoxy groups -OCH3 is 1. The molecule has 2 nitrogen and oxygen atoms in total. The lowest BCUT2D eigenvalue weighted by Gasteiger charge is -2.18. The van der Waals surface area contributed by atoms with Crippen LogP contribution in [0.25, 0.3) is 0 Å². The van der Waals surface area contributed by atoms with Crippen molar-refractivity contribution in [2.24, 2.45) is 5.41 Å². The van der Waals surface area contributed by atoms with Gasteiger partial charge in [0.15, 0.2) is 0 Å². The van der Waals surface area contributed by atoms with E-state index in [0.717, 1.165) is 18.0 Å². The zero-order chi connectivity index (χ0) is 12.9. The summed E-state index contributed by atoms with van der Waals surface area (Å²) in [5.41, 5.74) is 2.77. The van der Waals surface area contributed by atoms with Crippen molar-refractivity contribution in [2.75, 3.05) is 19.0 Å². The van der Waals surface area contributed by atoms with Crippen molar-refractivity contribution >= 4 is 5.69 Å². The third-order valence-corrected chi connectivity index (χ3v) is 2.77. The first-order valence-electron chi connectivity index (χ1n) is 6.31. The molecule has 0 saturated heterocycles. The molecular weight excluding hydrogens is 210 g/mol. The van der Waals surface area contributed by atoms with Crippen LogP contribution in [-0.2, 0) is 0 Å². The molecule has 0 spiro atoms. The Bertz CT molecular complexity index is 352. The number of hydrogen-bond acceptors (Lipinski definition) is 2. The smallest absolute Gasteiger partial charge is 0.141 e. The number of ether oxygens (including phenoxy) is 1. The Kier molecular flexibility index (Phi) is 4.86. The highest BCUT2D eigenvalue weighted by molar-refractivity contribution is 5.57. The van der Waals surface area contributed by atoms with Crippen molar-refractivity contribution in [3.63, 3.8) is 0 Å². The zero-order valence-corrected chi connectivity index (χ0v) is 11.8. The van der Waals surface area contributed by atoms with Crippen molar-refractivity contribution < 1.29 is 4.74 Å². The molecular formula is C15H25NO. The lowest BCUT2D eigenvalue weighted by molar-refractivity contribution is 0.370. The van der Waals surface area contributed by atoms with E-state index in [1.54, 1.807) is 7.11 Å². The van der Waals surface area contributed by atoms with Gasteiger partial charge in [0.25, 0.3) is 0 Å². The van der Waals surface area contributed by atoms with Gasteiger partial charge < -0.3 is 10.1 Å². The number of hydrogen-bond donors (Lipinski definition) is 1. The first kappa shape index (κ1) is 13.9. The molecule has 0 aliphatic heterocycles. The fourth-order valence-corrected chi connectivity index (χ4v) is 1.80. The molecule has 96 valence electrons. The van der Waals surface area contributed by atoms with Gasteiger partial charge in [0, 0.05) is 6.54 Å². The molecule has 1 aromatic rings. The molecule has 0 aromatic heterocycles. The number of benzene rings is 1. The summed E-state index contributed by atoms with van der Waals surface area (Å²) in [5, 5.41) is 3.45. The summed E-state index contributed by atoms with van der Waals surface area (Å²) in [6.07, 6.45) is 2.41. The van der Waals surface area contributed by atoms with Gasteiger partial charge in [-0.05, 0) is 42.9 Å². The second-order valence-electron chi connectivity index (χ2n) is 5.79. The molecule has 2 heteroatoms. The van der Waals surface area contributed by atoms with E-state index in [-0.39, 0.29) is 0 Å². The second kappa shape index (κ2) is 5.95. The molecule has 1 rings (SSSR count). The highest BCUT2D eigenvalue weighted by Gasteiger charge is 2.09. The van der Waals surface area contributed by atoms with Crippen LogP contribution in [0.2, 0.25) is 0 Å². The van der Waals surface area contributed by atoms with Gasteiger partial charge in [0.05, 0.1) is 12.8 Å². The molecule has 1 N–H and O–H groups in total. The number of nitrogens with one attached hydrogen (secondary N) is 1. The van der Waals surface area contributed by atoms with Gasteiger partial charge in [0.2, 0.25) is 0 Å². The quantitative estimate of drug-likeness (QED) is 0.771. The van der Waals surface area contributed by atoms with Crippen molar-refractivity contribution in [1.82, 2.24) is 0 Å². The maximum atomic E-state index is 5.34. The monoisotopic (exact) mass is 235 g/mol. The summed E-state index contributed by atoms with van der Waals surface area (Å²) >= 11 is 0. The standard InChI is InChI=1S/C15H25NO/c1-12-7-8-14(17-5)13(11-12)16-10-6-9-15(2,3)4/h7-8,11,16H,6,9-10H2,1-5H3. The summed E-state index contributed by atoms with van der Waals surface area (Å²) in [5.74, 6) is 0.923. The minimum Gasteiger partial charge on any atom is -0.495 e. The molecule has 0 aliphatic carbocycles. The van der Waals surface area contributed by atoms with Gasteiger partial charge in [-0.2, -0.15) is 0 Å². The van der Waals surface area contributed by atoms with Crippen LogP contribution >= 0.6 is 0 Å². The summed E-state index contributed by atoms with van der Waals surface area (Å²) in [6.45, 7) is 9.93. The predicted molar refractivity (Wildman–Crippen MR) is 74.9 cm³/mol. The van der Waals surface area contributed by atoms with Gasteiger partial charge in [-0.15, -0.1) is 0 Å². The van der Waals surface area contributed by atoms with Crippen LogP contribution in [0.4, 0.5) is 5.69 Å². The van der Waals surface area contributed by atoms with Crippen LogP contribution in [0.1, 0.15) is 39.2 Å². The average Bonchev–Trinajstić information content (AvgIpc) is 2.23. The normalized spacial score (nSPS) is 11.4. The van der Waals surface area contributed by atoms with Crippen LogP contribution in [-0.4, -0.2) is 13.7 Å². The lowest BCUT2D eigenvalue weighted by Crippen LogP contribution is -2.09. The van der Waals surface area contributed by atoms with Gasteiger partial charge in [0.1, 0.15) is 5.75 Å². The third-order valence-electron chi connectivity index (χ3n) is 2.77. The zero-order valence-electron chi connectivity index (χ0n) is 11.8. The fourth-order valence-electron chi connectivity index (χ4n) is 1.80. The number of anilines is 1. The first-order valence-corrected chi connectivity index (χ1v) is 6.31. The van der Waals surface area contributed by atoms with Crippen molar-refractivity contribution in [3.8, 4) is 5.75 Å². The Morgan fingerprint density at radius 3 is 2.53 bits per heavy atom. The Morgan fingerprint density at radius 2 is 1.94 bits per heavy atom. The van der Waals surface area contributed by atoms with Crippen LogP contribution in [0.15, 0.2) is 18.2 Å². The molecule has 0 aliphatic rings. The summed E-state index contributed by atoms with van der Waals surface area (Å²) < 4.78 is 5.34. The van der Waals surface area contributed by atoms with Gasteiger partial charge >= 0.3 is 0 Å². The molecule has 0 amide bonds. The molecule has 0 radical (unpaired) electrons. The van der Waals surface area contributed by atoms with Crippen molar-refractivity contribution in [3.05, 3.63) is 23.8 Å². The van der Waals surface area contributed by atoms with Crippen LogP contribution < -0.4 is 10.1 Å². The minimum absolute atomic E-state index is 0.415. The van der Waals surface area contributed by atoms with E-state index in [1.165, 1.54) is 18.4 Å². The second-order valence-corrected chi connectivity index (χ2v) is 5.79. The average molecular weight is 235 g/mol. The first-order chi connectivity index (χ1) is 7.92. The Balaban J connectivity index is 2.48. The maximum Gasteiger partial charge on any atom is 0.141 e. The molecule has 0 heterocycles. The van der Waals surface area contributed by atoms with Crippen molar-refractivity contribution in [1.29, 1.82) is 0 Å². The van der Waals surface area contributed by atoms with E-state index in [2.05, 4.69) is 45.1 Å². The fraction of sp³-hybridized carbons (Fsp3) is 0.600. The van der Waals surface area contributed by atoms with Crippen LogP contribution in [0.5, 0.6) is 5.75 Å². The molecule has 0 fully saturated rings. The predicted octanol–water partition coefficient (Wildman–Crippen LogP) is 4.24. The van der Waals surface area contributed by atoms with Gasteiger partial charge in [-0.1, -0.05) is 26.8 Å². The Morgan fingerprint density at radius 1 is 1.24 bits per heavy atom. The summed E-state index contributed by atoms with van der Waals surface area (Å²) in [6, 6.07) is 6.22. The van der Waals surface area contributed by atoms with E-state index in [1.807, 2.05) is 6.07 Å². The molecule has 0 bridgehead atoms. The van der Waals surface area contributed by atoms with E-state index in [0.29, 0.717) is 5.41 Å². The molecule has 0 unspecified atom stereocenters. The highest BCUT2D eigenvalue weighted by Crippen LogP contribution is 2.26. The number of aryl methyl sites for hydroxylation is 1. The SMILES string of the molecule is COc1ccc(C)cc1NCCCC(C)(C)C. The third kappa shape index (κ3) is 5.12. The lowest BCUT2D eigenvalue weighted by atomic mass is 9.91. The molecule has 0 atom stereocenters. The number of rotatable bonds is 5. The summed E-state index contributed by atoms with van der Waals surface area (Å²) in [7, 11) is 1.71. The molecule has 1 aromatic carbocycles. The largest absolute Gasteiger partial charge is 0.495 e. The van der Waals surface area contributed by atoms with E-state index < -0.39 is 0 Å². The van der Waals surface area contributed by atoms with Gasteiger partial charge in [-0.25, -0.2) is 0 Å². The molecule has 17 heavy (non-hydrogen) atoms. The van der Waals surface area contributed by atoms with Crippen LogP contribution in [0.3, 0.4) is 0 Å². The van der Waals surface area contributed by atoms with E-state index >= 15 is 0 Å². The van der Waals surface area contributed by atoms with Gasteiger partial charge in [-0.3, -0.25) is 0 Å². The minimum atomic E-state index is 0.415. The maximum absolute atomic E-state index is 5.34.